The van der Waals surface area contributed by atoms with Crippen LogP contribution in [0.3, 0.4) is 0 Å². The molecule has 0 saturated carbocycles. The van der Waals surface area contributed by atoms with E-state index in [2.05, 4.69) is 0 Å². The minimum atomic E-state index is -0.328. The number of β-lactam (4-membered cyclic amide) rings is 1. The number of hydrogen-bond donors (Lipinski definition) is 0. The maximum Gasteiger partial charge on any atom is 0.265 e. The van der Waals surface area contributed by atoms with E-state index in [0.717, 1.165) is 11.3 Å². The quantitative estimate of drug-likeness (QED) is 0.783. The molecular weight excluding hydrogens is 238 g/mol. The molecule has 3 nitrogen and oxygen atoms in total. The highest BCUT2D eigenvalue weighted by Crippen LogP contribution is 2.20. The Morgan fingerprint density at radius 2 is 1.63 bits per heavy atom. The van der Waals surface area contributed by atoms with Crippen molar-refractivity contribution in [3.63, 3.8) is 0 Å². The van der Waals surface area contributed by atoms with E-state index in [0.29, 0.717) is 13.1 Å². The van der Waals surface area contributed by atoms with E-state index < -0.39 is 0 Å². The Balaban J connectivity index is 1.56. The number of amides is 1. The summed E-state index contributed by atoms with van der Waals surface area (Å²) in [6.07, 6.45) is -0.328. The summed E-state index contributed by atoms with van der Waals surface area (Å²) in [6, 6.07) is 19.5. The SMILES string of the molecule is O=C1C(Oc2ccccc2)CN1Cc1ccccc1. The molecule has 3 rings (SSSR count). The van der Waals surface area contributed by atoms with Gasteiger partial charge in [-0.25, -0.2) is 0 Å². The van der Waals surface area contributed by atoms with E-state index in [1.165, 1.54) is 0 Å². The van der Waals surface area contributed by atoms with Crippen molar-refractivity contribution < 1.29 is 9.53 Å². The zero-order valence-electron chi connectivity index (χ0n) is 10.5. The van der Waals surface area contributed by atoms with Crippen LogP contribution in [0.4, 0.5) is 0 Å². The molecule has 0 aromatic heterocycles. The first kappa shape index (κ1) is 11.8. The maximum atomic E-state index is 12.0. The van der Waals surface area contributed by atoms with E-state index in [1.807, 2.05) is 65.6 Å². The molecule has 0 bridgehead atoms. The van der Waals surface area contributed by atoms with Crippen LogP contribution in [0, 0.1) is 0 Å². The van der Waals surface area contributed by atoms with Gasteiger partial charge in [0.1, 0.15) is 5.75 Å². The molecule has 1 aliphatic heterocycles. The Labute approximate surface area is 112 Å². The first-order valence-electron chi connectivity index (χ1n) is 6.37. The molecule has 0 spiro atoms. The third-order valence-electron chi connectivity index (χ3n) is 3.21. The fraction of sp³-hybridized carbons (Fsp3) is 0.188. The van der Waals surface area contributed by atoms with Crippen molar-refractivity contribution in [2.45, 2.75) is 12.6 Å². The average Bonchev–Trinajstić information content (AvgIpc) is 2.48. The number of ether oxygens (including phenoxy) is 1. The van der Waals surface area contributed by atoms with E-state index in [1.54, 1.807) is 0 Å². The molecule has 1 fully saturated rings. The number of likely N-dealkylation sites (tertiary alicyclic amines) is 1. The molecule has 2 aromatic carbocycles. The fourth-order valence-corrected chi connectivity index (χ4v) is 2.16. The molecule has 0 aliphatic carbocycles. The third kappa shape index (κ3) is 2.60. The first-order valence-corrected chi connectivity index (χ1v) is 6.37. The predicted molar refractivity (Wildman–Crippen MR) is 72.7 cm³/mol. The Bertz CT molecular complexity index is 504. The van der Waals surface area contributed by atoms with Crippen molar-refractivity contribution in [3.05, 3.63) is 66.2 Å². The van der Waals surface area contributed by atoms with E-state index in [4.69, 9.17) is 4.74 Å². The van der Waals surface area contributed by atoms with Gasteiger partial charge in [-0.15, -0.1) is 0 Å². The van der Waals surface area contributed by atoms with Gasteiger partial charge in [0.2, 0.25) is 0 Å². The number of rotatable bonds is 4. The molecular formula is C16H15NO2. The number of para-hydroxylation sites is 1. The van der Waals surface area contributed by atoms with Crippen LogP contribution >= 0.6 is 0 Å². The predicted octanol–water partition coefficient (Wildman–Crippen LogP) is 2.48. The van der Waals surface area contributed by atoms with E-state index in [9.17, 15) is 4.79 Å². The van der Waals surface area contributed by atoms with Crippen molar-refractivity contribution in [1.82, 2.24) is 4.90 Å². The van der Waals surface area contributed by atoms with Crippen molar-refractivity contribution in [3.8, 4) is 5.75 Å². The van der Waals surface area contributed by atoms with Crippen LogP contribution in [0.25, 0.3) is 0 Å². The van der Waals surface area contributed by atoms with Gasteiger partial charge in [0, 0.05) is 6.54 Å². The molecule has 0 N–H and O–H groups in total. The summed E-state index contributed by atoms with van der Waals surface area (Å²) in [4.78, 5) is 13.8. The van der Waals surface area contributed by atoms with Gasteiger partial charge in [-0.3, -0.25) is 4.79 Å². The Kier molecular flexibility index (Phi) is 3.19. The van der Waals surface area contributed by atoms with Crippen molar-refractivity contribution >= 4 is 5.91 Å². The monoisotopic (exact) mass is 253 g/mol. The summed E-state index contributed by atoms with van der Waals surface area (Å²) < 4.78 is 5.64. The summed E-state index contributed by atoms with van der Waals surface area (Å²) in [5, 5.41) is 0. The highest BCUT2D eigenvalue weighted by atomic mass is 16.5. The minimum absolute atomic E-state index is 0.0627. The first-order chi connectivity index (χ1) is 9.33. The molecule has 1 aliphatic rings. The Hall–Kier alpha value is -2.29. The second-order valence-electron chi connectivity index (χ2n) is 4.62. The lowest BCUT2D eigenvalue weighted by Gasteiger charge is -2.38. The van der Waals surface area contributed by atoms with Crippen LogP contribution in [0.1, 0.15) is 5.56 Å². The highest BCUT2D eigenvalue weighted by molar-refractivity contribution is 5.87. The topological polar surface area (TPSA) is 29.5 Å². The minimum Gasteiger partial charge on any atom is -0.479 e. The van der Waals surface area contributed by atoms with Crippen LogP contribution in [-0.2, 0) is 11.3 Å². The van der Waals surface area contributed by atoms with E-state index in [-0.39, 0.29) is 12.0 Å². The lowest BCUT2D eigenvalue weighted by atomic mass is 10.1. The van der Waals surface area contributed by atoms with Gasteiger partial charge in [-0.2, -0.15) is 0 Å². The van der Waals surface area contributed by atoms with Gasteiger partial charge >= 0.3 is 0 Å². The smallest absolute Gasteiger partial charge is 0.265 e. The van der Waals surface area contributed by atoms with Crippen molar-refractivity contribution in [2.75, 3.05) is 6.54 Å². The van der Waals surface area contributed by atoms with Gasteiger partial charge in [0.25, 0.3) is 5.91 Å². The van der Waals surface area contributed by atoms with Crippen molar-refractivity contribution in [2.24, 2.45) is 0 Å². The average molecular weight is 253 g/mol. The van der Waals surface area contributed by atoms with Gasteiger partial charge in [0.05, 0.1) is 6.54 Å². The van der Waals surface area contributed by atoms with Crippen LogP contribution in [0.5, 0.6) is 5.75 Å². The summed E-state index contributed by atoms with van der Waals surface area (Å²) in [5.74, 6) is 0.813. The van der Waals surface area contributed by atoms with Gasteiger partial charge in [-0.05, 0) is 17.7 Å². The lowest BCUT2D eigenvalue weighted by Crippen LogP contribution is -2.58. The number of carbonyl (C=O) groups is 1. The molecule has 1 amide bonds. The van der Waals surface area contributed by atoms with Gasteiger partial charge in [-0.1, -0.05) is 48.5 Å². The molecule has 3 heteroatoms. The van der Waals surface area contributed by atoms with Crippen LogP contribution in [-0.4, -0.2) is 23.5 Å². The molecule has 2 aromatic rings. The summed E-state index contributed by atoms with van der Waals surface area (Å²) in [7, 11) is 0. The van der Waals surface area contributed by atoms with Gasteiger partial charge in [0.15, 0.2) is 6.10 Å². The second-order valence-corrected chi connectivity index (χ2v) is 4.62. The standard InChI is InChI=1S/C16H15NO2/c18-16-15(19-14-9-5-2-6-10-14)12-17(16)11-13-7-3-1-4-8-13/h1-10,15H,11-12H2. The van der Waals surface area contributed by atoms with E-state index >= 15 is 0 Å². The third-order valence-corrected chi connectivity index (χ3v) is 3.21. The van der Waals surface area contributed by atoms with Crippen molar-refractivity contribution in [1.29, 1.82) is 0 Å². The zero-order valence-corrected chi connectivity index (χ0v) is 10.5. The lowest BCUT2D eigenvalue weighted by molar-refractivity contribution is -0.154. The summed E-state index contributed by atoms with van der Waals surface area (Å²) >= 11 is 0. The Morgan fingerprint density at radius 3 is 2.26 bits per heavy atom. The summed E-state index contributed by atoms with van der Waals surface area (Å²) in [6.45, 7) is 1.32. The highest BCUT2D eigenvalue weighted by Gasteiger charge is 2.38. The van der Waals surface area contributed by atoms with Crippen LogP contribution < -0.4 is 4.74 Å². The normalized spacial score (nSPS) is 18.0. The van der Waals surface area contributed by atoms with Crippen LogP contribution in [0.15, 0.2) is 60.7 Å². The zero-order chi connectivity index (χ0) is 13.1. The largest absolute Gasteiger partial charge is 0.479 e. The molecule has 1 heterocycles. The maximum absolute atomic E-state index is 12.0. The van der Waals surface area contributed by atoms with Crippen LogP contribution in [0.2, 0.25) is 0 Å². The van der Waals surface area contributed by atoms with Gasteiger partial charge < -0.3 is 9.64 Å². The Morgan fingerprint density at radius 1 is 1.00 bits per heavy atom. The molecule has 0 radical (unpaired) electrons. The fourth-order valence-electron chi connectivity index (χ4n) is 2.16. The molecule has 96 valence electrons. The molecule has 19 heavy (non-hydrogen) atoms. The molecule has 1 atom stereocenters. The second kappa shape index (κ2) is 5.14. The number of carbonyl (C=O) groups excluding carboxylic acids is 1. The number of benzene rings is 2. The number of hydrogen-bond acceptors (Lipinski definition) is 2. The summed E-state index contributed by atoms with van der Waals surface area (Å²) in [5.41, 5.74) is 1.15. The number of nitrogens with zero attached hydrogens (tertiary/aromatic N) is 1. The molecule has 1 unspecified atom stereocenters. The molecule has 1 saturated heterocycles.